The normalized spacial score (nSPS) is 11.1. The number of hydrogen-bond donors (Lipinski definition) is 1. The van der Waals surface area contributed by atoms with Crippen molar-refractivity contribution in [3.63, 3.8) is 0 Å². The van der Waals surface area contributed by atoms with Gasteiger partial charge in [-0.05, 0) is 87.6 Å². The maximum absolute atomic E-state index is 12.3. The lowest BCUT2D eigenvalue weighted by atomic mass is 10.1. The van der Waals surface area contributed by atoms with Crippen LogP contribution in [0.1, 0.15) is 58.6 Å². The number of aryl methyl sites for hydroxylation is 5. The van der Waals surface area contributed by atoms with Gasteiger partial charge in [-0.1, -0.05) is 47.9 Å². The number of nitrogens with one attached hydrogen (secondary N) is 1. The highest BCUT2D eigenvalue weighted by Crippen LogP contribution is 2.26. The van der Waals surface area contributed by atoms with Crippen LogP contribution in [-0.4, -0.2) is 28.6 Å². The molecule has 1 heterocycles. The Morgan fingerprint density at radius 1 is 0.946 bits per heavy atom. The number of aromatic nitrogens is 2. The first kappa shape index (κ1) is 26.7. The van der Waals surface area contributed by atoms with Crippen LogP contribution in [0.25, 0.3) is 11.0 Å². The molecule has 1 amide bonds. The number of para-hydroxylation sites is 2. The molecule has 0 saturated carbocycles. The van der Waals surface area contributed by atoms with Gasteiger partial charge in [0.2, 0.25) is 0 Å². The van der Waals surface area contributed by atoms with Crippen LogP contribution >= 0.6 is 11.6 Å². The van der Waals surface area contributed by atoms with Gasteiger partial charge in [0, 0.05) is 30.1 Å². The van der Waals surface area contributed by atoms with Gasteiger partial charge in [-0.25, -0.2) is 4.98 Å². The average Bonchev–Trinajstić information content (AvgIpc) is 3.24. The number of ether oxygens (including phenoxy) is 1. The fourth-order valence-corrected chi connectivity index (χ4v) is 4.75. The third-order valence-corrected chi connectivity index (χ3v) is 7.18. The second kappa shape index (κ2) is 12.8. The molecule has 0 spiro atoms. The van der Waals surface area contributed by atoms with Crippen LogP contribution in [-0.2, 0) is 13.0 Å². The van der Waals surface area contributed by atoms with Gasteiger partial charge in [0.05, 0.1) is 17.6 Å². The molecule has 0 fully saturated rings. The Balaban J connectivity index is 1.26. The molecule has 1 aromatic heterocycles. The van der Waals surface area contributed by atoms with E-state index in [9.17, 15) is 4.79 Å². The number of fused-ring (bicyclic) bond motifs is 1. The van der Waals surface area contributed by atoms with Gasteiger partial charge >= 0.3 is 0 Å². The molecule has 0 radical (unpaired) electrons. The maximum Gasteiger partial charge on any atom is 0.251 e. The Hall–Kier alpha value is -3.31. The number of amides is 1. The third-order valence-electron chi connectivity index (χ3n) is 6.58. The van der Waals surface area contributed by atoms with Gasteiger partial charge in [-0.15, -0.1) is 0 Å². The Morgan fingerprint density at radius 2 is 1.73 bits per heavy atom. The van der Waals surface area contributed by atoms with E-state index in [-0.39, 0.29) is 5.91 Å². The molecule has 0 atom stereocenters. The number of carbonyl (C=O) groups excluding carboxylic acids is 1. The van der Waals surface area contributed by atoms with Gasteiger partial charge in [0.15, 0.2) is 0 Å². The molecule has 4 aromatic rings. The molecule has 0 aliphatic carbocycles. The molecule has 3 aromatic carbocycles. The Kier molecular flexibility index (Phi) is 9.24. The van der Waals surface area contributed by atoms with Crippen molar-refractivity contribution < 1.29 is 9.53 Å². The Labute approximate surface area is 224 Å². The molecule has 194 valence electrons. The zero-order valence-corrected chi connectivity index (χ0v) is 22.8. The minimum Gasteiger partial charge on any atom is -0.494 e. The van der Waals surface area contributed by atoms with E-state index in [1.54, 1.807) is 0 Å². The number of benzene rings is 3. The molecule has 0 unspecified atom stereocenters. The molecule has 1 N–H and O–H groups in total. The van der Waals surface area contributed by atoms with Gasteiger partial charge in [-0.3, -0.25) is 4.79 Å². The van der Waals surface area contributed by atoms with Crippen molar-refractivity contribution in [2.45, 2.75) is 59.4 Å². The monoisotopic (exact) mass is 517 g/mol. The van der Waals surface area contributed by atoms with E-state index < -0.39 is 0 Å². The summed E-state index contributed by atoms with van der Waals surface area (Å²) < 4.78 is 8.36. The van der Waals surface area contributed by atoms with E-state index in [0.29, 0.717) is 13.2 Å². The predicted octanol–water partition coefficient (Wildman–Crippen LogP) is 7.23. The number of hydrogen-bond acceptors (Lipinski definition) is 3. The van der Waals surface area contributed by atoms with Crippen molar-refractivity contribution in [2.75, 3.05) is 13.2 Å². The minimum absolute atomic E-state index is 0.00312. The summed E-state index contributed by atoms with van der Waals surface area (Å²) in [5.74, 6) is 1.98. The molecule has 0 bridgehead atoms. The van der Waals surface area contributed by atoms with Crippen LogP contribution in [0, 0.1) is 20.8 Å². The largest absolute Gasteiger partial charge is 0.494 e. The summed E-state index contributed by atoms with van der Waals surface area (Å²) in [6.07, 6.45) is 4.82. The van der Waals surface area contributed by atoms with Crippen molar-refractivity contribution in [1.29, 1.82) is 0 Å². The smallest absolute Gasteiger partial charge is 0.251 e. The van der Waals surface area contributed by atoms with Crippen LogP contribution < -0.4 is 10.1 Å². The van der Waals surface area contributed by atoms with Gasteiger partial charge in [-0.2, -0.15) is 0 Å². The van der Waals surface area contributed by atoms with E-state index >= 15 is 0 Å². The van der Waals surface area contributed by atoms with Crippen LogP contribution in [0.4, 0.5) is 0 Å². The lowest BCUT2D eigenvalue weighted by Gasteiger charge is -2.12. The zero-order chi connectivity index (χ0) is 26.2. The van der Waals surface area contributed by atoms with Crippen LogP contribution in [0.3, 0.4) is 0 Å². The number of imidazole rings is 1. The molecule has 4 rings (SSSR count). The van der Waals surface area contributed by atoms with Crippen molar-refractivity contribution in [1.82, 2.24) is 14.9 Å². The highest BCUT2D eigenvalue weighted by molar-refractivity contribution is 6.32. The summed E-state index contributed by atoms with van der Waals surface area (Å²) in [4.78, 5) is 17.2. The fourth-order valence-electron chi connectivity index (χ4n) is 4.64. The summed E-state index contributed by atoms with van der Waals surface area (Å²) in [5, 5.41) is 3.84. The number of nitrogens with zero attached hydrogens (tertiary/aromatic N) is 2. The highest BCUT2D eigenvalue weighted by atomic mass is 35.5. The van der Waals surface area contributed by atoms with E-state index in [1.807, 2.05) is 63.2 Å². The lowest BCUT2D eigenvalue weighted by molar-refractivity contribution is 0.0953. The van der Waals surface area contributed by atoms with Crippen molar-refractivity contribution in [3.8, 4) is 5.75 Å². The standard InChI is InChI=1S/C31H36ClN3O2/c1-22-11-9-12-25(19-22)31(36)33-16-8-4-5-15-29-34-27-13-6-7-14-28(27)35(29)17-10-18-37-26-20-23(2)30(32)24(3)21-26/h6-7,9,11-14,19-21H,4-5,8,10,15-18H2,1-3H3,(H,33,36). The predicted molar refractivity (Wildman–Crippen MR) is 152 cm³/mol. The number of rotatable bonds is 12. The van der Waals surface area contributed by atoms with Crippen molar-refractivity contribution in [2.24, 2.45) is 0 Å². The topological polar surface area (TPSA) is 56.2 Å². The third kappa shape index (κ3) is 7.14. The summed E-state index contributed by atoms with van der Waals surface area (Å²) in [5.41, 5.74) is 6.09. The molecule has 0 aliphatic rings. The molecular formula is C31H36ClN3O2. The van der Waals surface area contributed by atoms with Crippen LogP contribution in [0.5, 0.6) is 5.75 Å². The summed E-state index contributed by atoms with van der Waals surface area (Å²) in [7, 11) is 0. The van der Waals surface area contributed by atoms with Gasteiger partial charge in [0.25, 0.3) is 5.91 Å². The number of unbranched alkanes of at least 4 members (excludes halogenated alkanes) is 2. The van der Waals surface area contributed by atoms with E-state index in [0.717, 1.165) is 83.0 Å². The first-order chi connectivity index (χ1) is 17.9. The van der Waals surface area contributed by atoms with Gasteiger partial charge < -0.3 is 14.6 Å². The van der Waals surface area contributed by atoms with Gasteiger partial charge in [0.1, 0.15) is 11.6 Å². The summed E-state index contributed by atoms with van der Waals surface area (Å²) in [6.45, 7) is 8.18. The maximum atomic E-state index is 12.3. The second-order valence-corrected chi connectivity index (χ2v) is 10.1. The van der Waals surface area contributed by atoms with Crippen molar-refractivity contribution >= 4 is 28.5 Å². The number of halogens is 1. The molecule has 6 heteroatoms. The van der Waals surface area contributed by atoms with E-state index in [4.69, 9.17) is 21.3 Å². The first-order valence-electron chi connectivity index (χ1n) is 13.1. The average molecular weight is 518 g/mol. The zero-order valence-electron chi connectivity index (χ0n) is 22.0. The van der Waals surface area contributed by atoms with E-state index in [2.05, 4.69) is 28.1 Å². The molecular weight excluding hydrogens is 482 g/mol. The van der Waals surface area contributed by atoms with E-state index in [1.165, 1.54) is 5.52 Å². The Morgan fingerprint density at radius 3 is 2.51 bits per heavy atom. The molecule has 37 heavy (non-hydrogen) atoms. The highest BCUT2D eigenvalue weighted by Gasteiger charge is 2.11. The first-order valence-corrected chi connectivity index (χ1v) is 13.5. The minimum atomic E-state index is -0.00312. The van der Waals surface area contributed by atoms with Crippen molar-refractivity contribution in [3.05, 3.63) is 93.8 Å². The number of carbonyl (C=O) groups is 1. The second-order valence-electron chi connectivity index (χ2n) is 9.68. The van der Waals surface area contributed by atoms with Crippen LogP contribution in [0.2, 0.25) is 5.02 Å². The fraction of sp³-hybridized carbons (Fsp3) is 0.355. The Bertz CT molecular complexity index is 1340. The van der Waals surface area contributed by atoms with Crippen LogP contribution in [0.15, 0.2) is 60.7 Å². The molecule has 5 nitrogen and oxygen atoms in total. The summed E-state index contributed by atoms with van der Waals surface area (Å²) >= 11 is 6.28. The lowest BCUT2D eigenvalue weighted by Crippen LogP contribution is -2.24. The molecule has 0 aliphatic heterocycles. The SMILES string of the molecule is Cc1cccc(C(=O)NCCCCCc2nc3ccccc3n2CCCOc2cc(C)c(Cl)c(C)c2)c1. The molecule has 0 saturated heterocycles. The quantitative estimate of drug-likeness (QED) is 0.202. The summed E-state index contributed by atoms with van der Waals surface area (Å²) in [6, 6.07) is 20.0.